The third-order valence-electron chi connectivity index (χ3n) is 3.61. The Labute approximate surface area is 106 Å². The van der Waals surface area contributed by atoms with Gasteiger partial charge in [0.2, 0.25) is 5.91 Å². The summed E-state index contributed by atoms with van der Waals surface area (Å²) in [5.74, 6) is 0.887. The van der Waals surface area contributed by atoms with Crippen molar-refractivity contribution in [3.8, 4) is 0 Å². The maximum absolute atomic E-state index is 12.4. The lowest BCUT2D eigenvalue weighted by Gasteiger charge is -2.33. The fraction of sp³-hybridized carbons (Fsp3) is 0.929. The zero-order valence-corrected chi connectivity index (χ0v) is 11.8. The standard InChI is InChI=1S/C14H28N2O/c1-10(2)9-16(12-7-5-6-8-12)14(17)13(15)11(3)4/h10-13H,5-9,15H2,1-4H3/t13-/m0/s1. The van der Waals surface area contributed by atoms with Gasteiger partial charge in [-0.1, -0.05) is 40.5 Å². The Kier molecular flexibility index (Phi) is 5.44. The molecule has 1 aliphatic carbocycles. The first-order chi connectivity index (χ1) is 7.93. The minimum absolute atomic E-state index is 0.153. The largest absolute Gasteiger partial charge is 0.338 e. The van der Waals surface area contributed by atoms with Crippen LogP contribution in [0.25, 0.3) is 0 Å². The molecule has 2 N–H and O–H groups in total. The molecule has 1 rings (SSSR count). The Morgan fingerprint density at radius 1 is 1.24 bits per heavy atom. The molecule has 0 saturated heterocycles. The summed E-state index contributed by atoms with van der Waals surface area (Å²) in [7, 11) is 0. The van der Waals surface area contributed by atoms with Gasteiger partial charge in [0.05, 0.1) is 6.04 Å². The Balaban J connectivity index is 2.70. The lowest BCUT2D eigenvalue weighted by Crippen LogP contribution is -2.51. The van der Waals surface area contributed by atoms with E-state index in [1.54, 1.807) is 0 Å². The van der Waals surface area contributed by atoms with Crippen LogP contribution in [0.5, 0.6) is 0 Å². The zero-order valence-electron chi connectivity index (χ0n) is 11.8. The highest BCUT2D eigenvalue weighted by atomic mass is 16.2. The van der Waals surface area contributed by atoms with Gasteiger partial charge in [0.25, 0.3) is 0 Å². The molecule has 3 heteroatoms. The van der Waals surface area contributed by atoms with Gasteiger partial charge >= 0.3 is 0 Å². The zero-order chi connectivity index (χ0) is 13.0. The molecule has 100 valence electrons. The van der Waals surface area contributed by atoms with E-state index in [2.05, 4.69) is 18.7 Å². The summed E-state index contributed by atoms with van der Waals surface area (Å²) in [6.07, 6.45) is 4.82. The molecule has 1 saturated carbocycles. The predicted molar refractivity (Wildman–Crippen MR) is 71.6 cm³/mol. The van der Waals surface area contributed by atoms with Crippen LogP contribution in [0.3, 0.4) is 0 Å². The highest BCUT2D eigenvalue weighted by molar-refractivity contribution is 5.82. The van der Waals surface area contributed by atoms with E-state index >= 15 is 0 Å². The van der Waals surface area contributed by atoms with Crippen LogP contribution >= 0.6 is 0 Å². The van der Waals surface area contributed by atoms with E-state index in [0.717, 1.165) is 19.4 Å². The van der Waals surface area contributed by atoms with Crippen molar-refractivity contribution in [2.24, 2.45) is 17.6 Å². The topological polar surface area (TPSA) is 46.3 Å². The molecule has 1 aliphatic rings. The van der Waals surface area contributed by atoms with Gasteiger partial charge in [-0.05, 0) is 24.7 Å². The van der Waals surface area contributed by atoms with Crippen molar-refractivity contribution in [3.05, 3.63) is 0 Å². The number of carbonyl (C=O) groups is 1. The first kappa shape index (κ1) is 14.5. The summed E-state index contributed by atoms with van der Waals surface area (Å²) >= 11 is 0. The summed E-state index contributed by atoms with van der Waals surface area (Å²) in [6, 6.07) is 0.101. The van der Waals surface area contributed by atoms with Crippen LogP contribution < -0.4 is 5.73 Å². The number of rotatable bonds is 5. The molecular formula is C14H28N2O. The van der Waals surface area contributed by atoms with Crippen molar-refractivity contribution in [2.75, 3.05) is 6.54 Å². The fourth-order valence-electron chi connectivity index (χ4n) is 2.50. The average molecular weight is 240 g/mol. The molecule has 1 atom stereocenters. The second kappa shape index (κ2) is 6.39. The number of nitrogens with two attached hydrogens (primary N) is 1. The molecule has 0 heterocycles. The van der Waals surface area contributed by atoms with Gasteiger partial charge in [0, 0.05) is 12.6 Å². The Morgan fingerprint density at radius 3 is 2.18 bits per heavy atom. The van der Waals surface area contributed by atoms with Crippen LogP contribution in [0.1, 0.15) is 53.4 Å². The second-order valence-electron chi connectivity index (χ2n) is 6.09. The summed E-state index contributed by atoms with van der Waals surface area (Å²) < 4.78 is 0. The maximum Gasteiger partial charge on any atom is 0.240 e. The van der Waals surface area contributed by atoms with E-state index in [4.69, 9.17) is 5.73 Å². The molecule has 0 bridgehead atoms. The molecule has 0 aromatic carbocycles. The quantitative estimate of drug-likeness (QED) is 0.802. The Hall–Kier alpha value is -0.570. The molecule has 0 aromatic rings. The summed E-state index contributed by atoms with van der Waals surface area (Å²) in [4.78, 5) is 14.5. The molecule has 0 radical (unpaired) electrons. The van der Waals surface area contributed by atoms with Gasteiger partial charge in [-0.25, -0.2) is 0 Å². The van der Waals surface area contributed by atoms with Gasteiger partial charge in [-0.15, -0.1) is 0 Å². The van der Waals surface area contributed by atoms with Crippen molar-refractivity contribution in [1.29, 1.82) is 0 Å². The van der Waals surface area contributed by atoms with E-state index in [1.165, 1.54) is 12.8 Å². The van der Waals surface area contributed by atoms with Crippen molar-refractivity contribution < 1.29 is 4.79 Å². The molecule has 0 aromatic heterocycles. The summed E-state index contributed by atoms with van der Waals surface area (Å²) in [5, 5.41) is 0. The molecule has 17 heavy (non-hydrogen) atoms. The van der Waals surface area contributed by atoms with Gasteiger partial charge in [0.15, 0.2) is 0 Å². The van der Waals surface area contributed by atoms with E-state index in [9.17, 15) is 4.79 Å². The number of carbonyl (C=O) groups excluding carboxylic acids is 1. The second-order valence-corrected chi connectivity index (χ2v) is 6.09. The number of hydrogen-bond acceptors (Lipinski definition) is 2. The minimum Gasteiger partial charge on any atom is -0.338 e. The summed E-state index contributed by atoms with van der Waals surface area (Å²) in [6.45, 7) is 9.21. The van der Waals surface area contributed by atoms with Crippen LogP contribution in [0.15, 0.2) is 0 Å². The van der Waals surface area contributed by atoms with Crippen LogP contribution in [0.2, 0.25) is 0 Å². The average Bonchev–Trinajstić information content (AvgIpc) is 2.76. The molecular weight excluding hydrogens is 212 g/mol. The van der Waals surface area contributed by atoms with Crippen molar-refractivity contribution in [2.45, 2.75) is 65.5 Å². The van der Waals surface area contributed by atoms with Crippen LogP contribution in [0.4, 0.5) is 0 Å². The molecule has 1 fully saturated rings. The Morgan fingerprint density at radius 2 is 1.76 bits per heavy atom. The lowest BCUT2D eigenvalue weighted by atomic mass is 10.0. The highest BCUT2D eigenvalue weighted by Gasteiger charge is 2.31. The van der Waals surface area contributed by atoms with Crippen LogP contribution in [-0.2, 0) is 4.79 Å². The molecule has 0 spiro atoms. The smallest absolute Gasteiger partial charge is 0.240 e. The fourth-order valence-corrected chi connectivity index (χ4v) is 2.50. The van der Waals surface area contributed by atoms with Crippen molar-refractivity contribution in [3.63, 3.8) is 0 Å². The van der Waals surface area contributed by atoms with Gasteiger partial charge in [-0.3, -0.25) is 4.79 Å². The number of amides is 1. The first-order valence-corrected chi connectivity index (χ1v) is 6.99. The number of hydrogen-bond donors (Lipinski definition) is 1. The first-order valence-electron chi connectivity index (χ1n) is 6.99. The normalized spacial score (nSPS) is 19.0. The molecule has 1 amide bonds. The molecule has 0 unspecified atom stereocenters. The summed E-state index contributed by atoms with van der Waals surface area (Å²) in [5.41, 5.74) is 6.01. The third kappa shape index (κ3) is 3.98. The van der Waals surface area contributed by atoms with Crippen LogP contribution in [-0.4, -0.2) is 29.4 Å². The lowest BCUT2D eigenvalue weighted by molar-refractivity contribution is -0.136. The predicted octanol–water partition coefficient (Wildman–Crippen LogP) is 2.40. The maximum atomic E-state index is 12.4. The minimum atomic E-state index is -0.339. The molecule has 0 aliphatic heterocycles. The van der Waals surface area contributed by atoms with Gasteiger partial charge < -0.3 is 10.6 Å². The van der Waals surface area contributed by atoms with Crippen LogP contribution in [0, 0.1) is 11.8 Å². The monoisotopic (exact) mass is 240 g/mol. The highest BCUT2D eigenvalue weighted by Crippen LogP contribution is 2.25. The van der Waals surface area contributed by atoms with Gasteiger partial charge in [-0.2, -0.15) is 0 Å². The van der Waals surface area contributed by atoms with Crippen molar-refractivity contribution in [1.82, 2.24) is 4.90 Å². The van der Waals surface area contributed by atoms with E-state index in [0.29, 0.717) is 12.0 Å². The Bertz CT molecular complexity index is 245. The molecule has 3 nitrogen and oxygen atoms in total. The number of nitrogens with zero attached hydrogens (tertiary/aromatic N) is 1. The van der Waals surface area contributed by atoms with E-state index < -0.39 is 0 Å². The van der Waals surface area contributed by atoms with E-state index in [1.807, 2.05) is 13.8 Å². The third-order valence-corrected chi connectivity index (χ3v) is 3.61. The van der Waals surface area contributed by atoms with Gasteiger partial charge in [0.1, 0.15) is 0 Å². The van der Waals surface area contributed by atoms with E-state index in [-0.39, 0.29) is 17.9 Å². The SMILES string of the molecule is CC(C)CN(C(=O)[C@@H](N)C(C)C)C1CCCC1. The van der Waals surface area contributed by atoms with Crippen molar-refractivity contribution >= 4 is 5.91 Å².